The molecule has 0 aromatic carbocycles. The van der Waals surface area contributed by atoms with Gasteiger partial charge in [0.2, 0.25) is 0 Å². The van der Waals surface area contributed by atoms with Crippen molar-refractivity contribution in [3.63, 3.8) is 0 Å². The Morgan fingerprint density at radius 2 is 1.78 bits per heavy atom. The summed E-state index contributed by atoms with van der Waals surface area (Å²) in [5.74, 6) is -1.10. The van der Waals surface area contributed by atoms with Crippen LogP contribution >= 0.6 is 0 Å². The molecule has 1 saturated heterocycles. The average molecular weight is 392 g/mol. The minimum atomic E-state index is -1.23. The minimum Gasteiger partial charge on any atom is -0.550 e. The van der Waals surface area contributed by atoms with Crippen LogP contribution in [0.3, 0.4) is 0 Å². The fourth-order valence-corrected chi connectivity index (χ4v) is 6.66. The molecule has 0 aromatic rings. The van der Waals surface area contributed by atoms with Crippen molar-refractivity contribution in [3.8, 4) is 0 Å². The number of aliphatic hydroxyl groups excluding tert-OH is 2. The number of carboxylic acids is 1. The Hall–Kier alpha value is 0.310. The first-order valence-corrected chi connectivity index (χ1v) is 9.88. The van der Waals surface area contributed by atoms with Crippen molar-refractivity contribution in [2.45, 2.75) is 88.9 Å². The molecule has 2 saturated carbocycles. The molecule has 3 aliphatic rings. The molecule has 6 nitrogen and oxygen atoms in total. The van der Waals surface area contributed by atoms with Gasteiger partial charge in [0.1, 0.15) is 0 Å². The summed E-state index contributed by atoms with van der Waals surface area (Å²) in [5.41, 5.74) is -4.19. The number of carbonyl (C=O) groups is 1. The molecule has 3 N–H and O–H groups in total. The predicted molar refractivity (Wildman–Crippen MR) is 93.0 cm³/mol. The van der Waals surface area contributed by atoms with Gasteiger partial charge in [-0.2, -0.15) is 0 Å². The maximum Gasteiger partial charge on any atom is 1.00 e. The van der Waals surface area contributed by atoms with E-state index in [1.807, 2.05) is 13.8 Å². The molecule has 3 fully saturated rings. The average Bonchev–Trinajstić information content (AvgIpc) is 2.97. The normalized spacial score (nSPS) is 49.5. The number of hydrogen-bond acceptors (Lipinski definition) is 6. The van der Waals surface area contributed by atoms with E-state index in [1.165, 1.54) is 0 Å². The molecule has 0 amide bonds. The molecule has 6 atom stereocenters. The van der Waals surface area contributed by atoms with Crippen LogP contribution < -0.4 is 34.7 Å². The quantitative estimate of drug-likeness (QED) is 0.467. The van der Waals surface area contributed by atoms with Crippen LogP contribution in [0, 0.1) is 16.7 Å². The minimum absolute atomic E-state index is 0. The molecule has 0 aromatic heterocycles. The van der Waals surface area contributed by atoms with Crippen molar-refractivity contribution in [2.24, 2.45) is 16.7 Å². The number of hydrogen-bond donors (Lipinski definition) is 3. The molecule has 2 unspecified atom stereocenters. The zero-order chi connectivity index (χ0) is 19.4. The van der Waals surface area contributed by atoms with E-state index in [2.05, 4.69) is 6.92 Å². The van der Waals surface area contributed by atoms with Gasteiger partial charge in [-0.05, 0) is 44.4 Å². The van der Waals surface area contributed by atoms with E-state index in [0.29, 0.717) is 19.3 Å². The van der Waals surface area contributed by atoms with Crippen LogP contribution in [-0.4, -0.2) is 51.3 Å². The number of aliphatic hydroxyl groups is 3. The topological polar surface area (TPSA) is 110 Å². The van der Waals surface area contributed by atoms with E-state index >= 15 is 0 Å². The van der Waals surface area contributed by atoms with Gasteiger partial charge in [-0.15, -0.1) is 0 Å². The molecule has 150 valence electrons. The van der Waals surface area contributed by atoms with Crippen LogP contribution in [0.2, 0.25) is 0 Å². The summed E-state index contributed by atoms with van der Waals surface area (Å²) in [7, 11) is 0. The van der Waals surface area contributed by atoms with Gasteiger partial charge in [0.15, 0.2) is 0 Å². The second-order valence-corrected chi connectivity index (χ2v) is 9.59. The standard InChI is InChI=1S/C20H34O6.Na/c1-14-5-8-20(25)16(2,12-21)6-4-7-17(20,3)19(14)10-9-18(13-22,26-19)11-15(23)24;/h14,21-22,25H,4-13H2,1-3H3,(H,23,24);/q;+1/p-1/t14-,16?,17+,18+,19+,20?;/m0./s1. The van der Waals surface area contributed by atoms with E-state index in [9.17, 15) is 25.2 Å². The van der Waals surface area contributed by atoms with Crippen LogP contribution in [0.1, 0.15) is 72.1 Å². The first-order chi connectivity index (χ1) is 12.0. The second-order valence-electron chi connectivity index (χ2n) is 9.59. The van der Waals surface area contributed by atoms with Crippen molar-refractivity contribution < 1.29 is 59.5 Å². The summed E-state index contributed by atoms with van der Waals surface area (Å²) in [5, 5.41) is 43.2. The van der Waals surface area contributed by atoms with Crippen LogP contribution in [0.4, 0.5) is 0 Å². The Labute approximate surface area is 184 Å². The van der Waals surface area contributed by atoms with Crippen LogP contribution in [0.25, 0.3) is 0 Å². The first kappa shape index (κ1) is 23.6. The summed E-state index contributed by atoms with van der Waals surface area (Å²) in [6, 6.07) is 0. The molecule has 0 bridgehead atoms. The number of carbonyl (C=O) groups excluding carboxylic acids is 1. The van der Waals surface area contributed by atoms with Crippen molar-refractivity contribution in [2.75, 3.05) is 13.2 Å². The summed E-state index contributed by atoms with van der Waals surface area (Å²) in [6.45, 7) is 5.63. The maximum absolute atomic E-state index is 11.9. The van der Waals surface area contributed by atoms with Gasteiger partial charge in [0.05, 0.1) is 30.0 Å². The van der Waals surface area contributed by atoms with Crippen molar-refractivity contribution in [1.29, 1.82) is 0 Å². The molecular formula is C20H33NaO6. The summed E-state index contributed by atoms with van der Waals surface area (Å²) in [4.78, 5) is 11.3. The van der Waals surface area contributed by atoms with Crippen LogP contribution in [-0.2, 0) is 9.53 Å². The number of aliphatic carboxylic acids is 1. The van der Waals surface area contributed by atoms with E-state index in [0.717, 1.165) is 25.7 Å². The largest absolute Gasteiger partial charge is 1.00 e. The Bertz CT molecular complexity index is 587. The van der Waals surface area contributed by atoms with Crippen molar-refractivity contribution in [3.05, 3.63) is 0 Å². The van der Waals surface area contributed by atoms with Crippen LogP contribution in [0.5, 0.6) is 0 Å². The molecule has 27 heavy (non-hydrogen) atoms. The Morgan fingerprint density at radius 3 is 2.33 bits per heavy atom. The Balaban J connectivity index is 0.00000261. The predicted octanol–water partition coefficient (Wildman–Crippen LogP) is -2.24. The Kier molecular flexibility index (Phi) is 6.58. The van der Waals surface area contributed by atoms with Gasteiger partial charge in [0, 0.05) is 23.2 Å². The van der Waals surface area contributed by atoms with E-state index < -0.39 is 33.6 Å². The van der Waals surface area contributed by atoms with E-state index in [-0.39, 0.29) is 55.1 Å². The van der Waals surface area contributed by atoms with Crippen molar-refractivity contribution in [1.82, 2.24) is 0 Å². The summed E-state index contributed by atoms with van der Waals surface area (Å²) < 4.78 is 6.51. The third-order valence-corrected chi connectivity index (χ3v) is 8.44. The SMILES string of the molecule is C[C@H]1CCC2(O)C(C)(CO)CCC[C@]2(C)[C@@]12CC[C@](CO)(CC(=O)[O-])O2.[Na+]. The van der Waals surface area contributed by atoms with Crippen molar-refractivity contribution >= 4 is 5.97 Å². The fraction of sp³-hybridized carbons (Fsp3) is 0.950. The Morgan fingerprint density at radius 1 is 1.11 bits per heavy atom. The maximum atomic E-state index is 11.9. The summed E-state index contributed by atoms with van der Waals surface area (Å²) in [6.07, 6.45) is 4.42. The number of fused-ring (bicyclic) bond motifs is 2. The smallest absolute Gasteiger partial charge is 0.550 e. The number of carboxylic acid groups (broad SMARTS) is 1. The number of ether oxygens (including phenoxy) is 1. The van der Waals surface area contributed by atoms with E-state index in [1.54, 1.807) is 0 Å². The van der Waals surface area contributed by atoms with Gasteiger partial charge < -0.3 is 30.0 Å². The molecule has 1 spiro atoms. The van der Waals surface area contributed by atoms with Gasteiger partial charge in [0.25, 0.3) is 0 Å². The van der Waals surface area contributed by atoms with Gasteiger partial charge >= 0.3 is 29.6 Å². The first-order valence-electron chi connectivity index (χ1n) is 9.88. The number of rotatable bonds is 4. The molecule has 1 aliphatic heterocycles. The summed E-state index contributed by atoms with van der Waals surface area (Å²) >= 11 is 0. The second kappa shape index (κ2) is 7.53. The molecule has 0 radical (unpaired) electrons. The zero-order valence-corrected chi connectivity index (χ0v) is 19.2. The van der Waals surface area contributed by atoms with Gasteiger partial charge in [-0.1, -0.05) is 27.2 Å². The fourth-order valence-electron chi connectivity index (χ4n) is 6.66. The van der Waals surface area contributed by atoms with E-state index in [4.69, 9.17) is 4.74 Å². The molecule has 1 heterocycles. The zero-order valence-electron chi connectivity index (χ0n) is 17.2. The third-order valence-electron chi connectivity index (χ3n) is 8.44. The molecular weight excluding hydrogens is 359 g/mol. The third kappa shape index (κ3) is 3.06. The monoisotopic (exact) mass is 392 g/mol. The molecule has 2 aliphatic carbocycles. The van der Waals surface area contributed by atoms with Crippen LogP contribution in [0.15, 0.2) is 0 Å². The van der Waals surface area contributed by atoms with Gasteiger partial charge in [-0.3, -0.25) is 0 Å². The van der Waals surface area contributed by atoms with Gasteiger partial charge in [-0.25, -0.2) is 0 Å². The molecule has 7 heteroatoms. The molecule has 3 rings (SSSR count).